The number of nitrogens with zero attached hydrogens (tertiary/aromatic N) is 1. The highest BCUT2D eigenvalue weighted by Crippen LogP contribution is 2.30. The van der Waals surface area contributed by atoms with Gasteiger partial charge in [0.05, 0.1) is 9.98 Å². The van der Waals surface area contributed by atoms with E-state index in [-0.39, 0.29) is 11.8 Å². The molecular weight excluding hydrogens is 302 g/mol. The molecule has 0 atom stereocenters. The summed E-state index contributed by atoms with van der Waals surface area (Å²) < 4.78 is 0.930. The molecule has 1 amide bonds. The topological polar surface area (TPSA) is 68.0 Å². The minimum atomic E-state index is 0.0994. The highest BCUT2D eigenvalue weighted by molar-refractivity contribution is 9.11. The zero-order chi connectivity index (χ0) is 12.3. The van der Waals surface area contributed by atoms with Crippen molar-refractivity contribution in [2.24, 2.45) is 17.6 Å². The summed E-state index contributed by atoms with van der Waals surface area (Å²) in [4.78, 5) is 16.1. The molecule has 17 heavy (non-hydrogen) atoms. The summed E-state index contributed by atoms with van der Waals surface area (Å²) in [6.45, 7) is 0.744. The molecule has 1 fully saturated rings. The van der Waals surface area contributed by atoms with Gasteiger partial charge in [0.15, 0.2) is 5.13 Å². The van der Waals surface area contributed by atoms with Gasteiger partial charge in [-0.3, -0.25) is 4.79 Å². The van der Waals surface area contributed by atoms with E-state index < -0.39 is 0 Å². The molecule has 0 saturated heterocycles. The molecular formula is C11H16BrN3OS. The lowest BCUT2D eigenvalue weighted by molar-refractivity contribution is -0.121. The Morgan fingerprint density at radius 1 is 1.53 bits per heavy atom. The molecule has 0 unspecified atom stereocenters. The summed E-state index contributed by atoms with van der Waals surface area (Å²) in [6, 6.07) is 0. The Labute approximate surface area is 113 Å². The Morgan fingerprint density at radius 3 is 2.76 bits per heavy atom. The first kappa shape index (κ1) is 13.0. The lowest BCUT2D eigenvalue weighted by Crippen LogP contribution is -2.29. The second-order valence-electron chi connectivity index (χ2n) is 4.41. The van der Waals surface area contributed by atoms with Crippen molar-refractivity contribution in [3.05, 3.63) is 9.98 Å². The van der Waals surface area contributed by atoms with Gasteiger partial charge in [-0.2, -0.15) is 0 Å². The van der Waals surface area contributed by atoms with E-state index in [1.807, 2.05) is 0 Å². The molecule has 6 heteroatoms. The smallest absolute Gasteiger partial charge is 0.229 e. The van der Waals surface area contributed by atoms with Crippen LogP contribution in [-0.2, 0) is 4.79 Å². The maximum absolute atomic E-state index is 12.0. The number of hydrogen-bond acceptors (Lipinski definition) is 4. The molecule has 0 aliphatic heterocycles. The van der Waals surface area contributed by atoms with Gasteiger partial charge in [-0.15, -0.1) is 0 Å². The highest BCUT2D eigenvalue weighted by atomic mass is 79.9. The standard InChI is InChI=1S/C11H16BrN3OS/c12-9-6-14-11(17-9)15-10(16)8-3-1-7(5-13)2-4-8/h6-8H,1-5,13H2,(H,14,15,16). The minimum Gasteiger partial charge on any atom is -0.330 e. The Kier molecular flexibility index (Phi) is 4.53. The van der Waals surface area contributed by atoms with Gasteiger partial charge in [-0.05, 0) is 54.1 Å². The number of halogens is 1. The Morgan fingerprint density at radius 2 is 2.24 bits per heavy atom. The third-order valence-electron chi connectivity index (χ3n) is 3.26. The maximum Gasteiger partial charge on any atom is 0.229 e. The lowest BCUT2D eigenvalue weighted by atomic mass is 9.82. The molecule has 4 nitrogen and oxygen atoms in total. The van der Waals surface area contributed by atoms with Gasteiger partial charge in [0.25, 0.3) is 0 Å². The van der Waals surface area contributed by atoms with E-state index >= 15 is 0 Å². The molecule has 0 radical (unpaired) electrons. The van der Waals surface area contributed by atoms with Gasteiger partial charge in [0.1, 0.15) is 0 Å². The average molecular weight is 318 g/mol. The zero-order valence-corrected chi connectivity index (χ0v) is 11.9. The van der Waals surface area contributed by atoms with Gasteiger partial charge in [0, 0.05) is 5.92 Å². The first-order valence-electron chi connectivity index (χ1n) is 5.81. The molecule has 1 heterocycles. The number of carbonyl (C=O) groups excluding carboxylic acids is 1. The molecule has 1 aromatic rings. The summed E-state index contributed by atoms with van der Waals surface area (Å²) in [5.41, 5.74) is 5.64. The molecule has 94 valence electrons. The van der Waals surface area contributed by atoms with Crippen molar-refractivity contribution in [2.45, 2.75) is 25.7 Å². The number of nitrogens with two attached hydrogens (primary N) is 1. The van der Waals surface area contributed by atoms with Crippen LogP contribution in [0, 0.1) is 11.8 Å². The van der Waals surface area contributed by atoms with Crippen LogP contribution in [0.5, 0.6) is 0 Å². The van der Waals surface area contributed by atoms with E-state index in [0.29, 0.717) is 11.0 Å². The first-order valence-corrected chi connectivity index (χ1v) is 7.42. The van der Waals surface area contributed by atoms with Gasteiger partial charge < -0.3 is 11.1 Å². The van der Waals surface area contributed by atoms with E-state index in [2.05, 4.69) is 26.2 Å². The molecule has 1 saturated carbocycles. The molecule has 1 aromatic heterocycles. The van der Waals surface area contributed by atoms with Crippen LogP contribution in [0.2, 0.25) is 0 Å². The Bertz CT molecular complexity index is 388. The normalized spacial score (nSPS) is 24.6. The number of anilines is 1. The summed E-state index contributed by atoms with van der Waals surface area (Å²) in [6.07, 6.45) is 5.72. The van der Waals surface area contributed by atoms with Crippen LogP contribution in [0.3, 0.4) is 0 Å². The molecule has 0 bridgehead atoms. The van der Waals surface area contributed by atoms with Gasteiger partial charge in [-0.25, -0.2) is 4.98 Å². The van der Waals surface area contributed by atoms with Crippen molar-refractivity contribution < 1.29 is 4.79 Å². The predicted molar refractivity (Wildman–Crippen MR) is 72.9 cm³/mol. The summed E-state index contributed by atoms with van der Waals surface area (Å²) in [7, 11) is 0. The van der Waals surface area contributed by atoms with Crippen molar-refractivity contribution >= 4 is 38.3 Å². The SMILES string of the molecule is NCC1CCC(C(=O)Nc2ncc(Br)s2)CC1. The van der Waals surface area contributed by atoms with E-state index in [0.717, 1.165) is 36.0 Å². The predicted octanol–water partition coefficient (Wildman–Crippen LogP) is 2.61. The lowest BCUT2D eigenvalue weighted by Gasteiger charge is -2.26. The molecule has 1 aliphatic carbocycles. The molecule has 0 spiro atoms. The van der Waals surface area contributed by atoms with Gasteiger partial charge in [-0.1, -0.05) is 11.3 Å². The second-order valence-corrected chi connectivity index (χ2v) is 6.82. The minimum absolute atomic E-state index is 0.0994. The maximum atomic E-state index is 12.0. The third-order valence-corrected chi connectivity index (χ3v) is 4.65. The number of hydrogen-bond donors (Lipinski definition) is 2. The van der Waals surface area contributed by atoms with Crippen molar-refractivity contribution in [3.63, 3.8) is 0 Å². The van der Waals surface area contributed by atoms with Crippen molar-refractivity contribution in [3.8, 4) is 0 Å². The van der Waals surface area contributed by atoms with Crippen molar-refractivity contribution in [2.75, 3.05) is 11.9 Å². The van der Waals surface area contributed by atoms with Crippen LogP contribution in [0.4, 0.5) is 5.13 Å². The van der Waals surface area contributed by atoms with E-state index in [1.165, 1.54) is 11.3 Å². The average Bonchev–Trinajstić information content (AvgIpc) is 2.75. The number of thiazole rings is 1. The van der Waals surface area contributed by atoms with Gasteiger partial charge in [0.2, 0.25) is 5.91 Å². The van der Waals surface area contributed by atoms with E-state index in [9.17, 15) is 4.79 Å². The third kappa shape index (κ3) is 3.50. The van der Waals surface area contributed by atoms with E-state index in [1.54, 1.807) is 6.20 Å². The summed E-state index contributed by atoms with van der Waals surface area (Å²) in [5, 5.41) is 3.54. The quantitative estimate of drug-likeness (QED) is 0.900. The van der Waals surface area contributed by atoms with Crippen LogP contribution < -0.4 is 11.1 Å². The fourth-order valence-electron chi connectivity index (χ4n) is 2.18. The Balaban J connectivity index is 1.85. The second kappa shape index (κ2) is 5.93. The largest absolute Gasteiger partial charge is 0.330 e. The fraction of sp³-hybridized carbons (Fsp3) is 0.636. The van der Waals surface area contributed by atoms with Crippen LogP contribution in [0.15, 0.2) is 9.98 Å². The molecule has 3 N–H and O–H groups in total. The molecule has 0 aromatic carbocycles. The first-order chi connectivity index (χ1) is 8.19. The van der Waals surface area contributed by atoms with Crippen LogP contribution in [-0.4, -0.2) is 17.4 Å². The fourth-order valence-corrected chi connectivity index (χ4v) is 3.29. The number of aromatic nitrogens is 1. The number of nitrogens with one attached hydrogen (secondary N) is 1. The van der Waals surface area contributed by atoms with Gasteiger partial charge >= 0.3 is 0 Å². The molecule has 1 aliphatic rings. The van der Waals surface area contributed by atoms with Crippen LogP contribution in [0.1, 0.15) is 25.7 Å². The van der Waals surface area contributed by atoms with E-state index in [4.69, 9.17) is 5.73 Å². The number of rotatable bonds is 3. The number of carbonyl (C=O) groups is 1. The Hall–Kier alpha value is -0.460. The summed E-state index contributed by atoms with van der Waals surface area (Å²) in [5.74, 6) is 0.829. The highest BCUT2D eigenvalue weighted by Gasteiger charge is 2.25. The van der Waals surface area contributed by atoms with Crippen molar-refractivity contribution in [1.29, 1.82) is 0 Å². The van der Waals surface area contributed by atoms with Crippen LogP contribution in [0.25, 0.3) is 0 Å². The molecule has 2 rings (SSSR count). The monoisotopic (exact) mass is 317 g/mol. The zero-order valence-electron chi connectivity index (χ0n) is 9.49. The van der Waals surface area contributed by atoms with Crippen LogP contribution >= 0.6 is 27.3 Å². The number of amides is 1. The summed E-state index contributed by atoms with van der Waals surface area (Å²) >= 11 is 4.76. The van der Waals surface area contributed by atoms with Crippen molar-refractivity contribution in [1.82, 2.24) is 4.98 Å².